The normalized spacial score (nSPS) is 11.9. The SMILES string of the molecule is CC(=O)N[C@H](C(=O)NNC(=O)c1cc(C)oc1C)C(C)C. The van der Waals surface area contributed by atoms with Gasteiger partial charge in [-0.3, -0.25) is 25.2 Å². The smallest absolute Gasteiger partial charge is 0.273 e. The molecule has 1 aromatic rings. The van der Waals surface area contributed by atoms with Gasteiger partial charge in [0.2, 0.25) is 5.91 Å². The van der Waals surface area contributed by atoms with Crippen LogP contribution in [0.25, 0.3) is 0 Å². The molecule has 0 fully saturated rings. The fourth-order valence-corrected chi connectivity index (χ4v) is 1.87. The lowest BCUT2D eigenvalue weighted by molar-refractivity contribution is -0.129. The largest absolute Gasteiger partial charge is 0.466 e. The van der Waals surface area contributed by atoms with Gasteiger partial charge in [0.15, 0.2) is 0 Å². The van der Waals surface area contributed by atoms with Crippen molar-refractivity contribution in [2.24, 2.45) is 5.92 Å². The van der Waals surface area contributed by atoms with Crippen LogP contribution in [0.1, 0.15) is 42.6 Å². The first-order valence-electron chi connectivity index (χ1n) is 6.66. The summed E-state index contributed by atoms with van der Waals surface area (Å²) in [7, 11) is 0. The van der Waals surface area contributed by atoms with E-state index in [1.807, 2.05) is 0 Å². The summed E-state index contributed by atoms with van der Waals surface area (Å²) in [5.74, 6) is -0.279. The van der Waals surface area contributed by atoms with Crippen LogP contribution in [-0.4, -0.2) is 23.8 Å². The molecule has 1 aromatic heterocycles. The minimum atomic E-state index is -0.713. The number of hydrogen-bond acceptors (Lipinski definition) is 4. The van der Waals surface area contributed by atoms with Crippen molar-refractivity contribution in [3.05, 3.63) is 23.2 Å². The second kappa shape index (κ2) is 6.92. The molecule has 0 aromatic carbocycles. The topological polar surface area (TPSA) is 100 Å². The van der Waals surface area contributed by atoms with Crippen LogP contribution in [-0.2, 0) is 9.59 Å². The standard InChI is InChI=1S/C14H21N3O4/c1-7(2)12(15-10(5)18)14(20)17-16-13(19)11-6-8(3)21-9(11)4/h6-7,12H,1-5H3,(H,15,18)(H,16,19)(H,17,20)/t12-/m0/s1. The van der Waals surface area contributed by atoms with Crippen LogP contribution in [0.3, 0.4) is 0 Å². The summed E-state index contributed by atoms with van der Waals surface area (Å²) in [4.78, 5) is 35.0. The second-order valence-corrected chi connectivity index (χ2v) is 5.19. The Kier molecular flexibility index (Phi) is 5.52. The Morgan fingerprint density at radius 1 is 1.14 bits per heavy atom. The van der Waals surface area contributed by atoms with Crippen LogP contribution < -0.4 is 16.2 Å². The number of nitrogens with one attached hydrogen (secondary N) is 3. The summed E-state index contributed by atoms with van der Waals surface area (Å²) in [6.45, 7) is 8.32. The lowest BCUT2D eigenvalue weighted by atomic mass is 10.0. The van der Waals surface area contributed by atoms with Crippen LogP contribution in [0.4, 0.5) is 0 Å². The number of rotatable bonds is 4. The van der Waals surface area contributed by atoms with Crippen molar-refractivity contribution < 1.29 is 18.8 Å². The maximum absolute atomic E-state index is 12.0. The molecule has 3 N–H and O–H groups in total. The molecule has 7 nitrogen and oxygen atoms in total. The summed E-state index contributed by atoms with van der Waals surface area (Å²) in [5.41, 5.74) is 4.98. The molecule has 1 atom stereocenters. The first-order chi connectivity index (χ1) is 9.72. The third kappa shape index (κ3) is 4.62. The number of hydrazine groups is 1. The van der Waals surface area contributed by atoms with Gasteiger partial charge in [0.25, 0.3) is 11.8 Å². The molecule has 0 bridgehead atoms. The van der Waals surface area contributed by atoms with E-state index in [-0.39, 0.29) is 11.8 Å². The van der Waals surface area contributed by atoms with E-state index in [0.717, 1.165) is 0 Å². The number of aryl methyl sites for hydroxylation is 2. The van der Waals surface area contributed by atoms with Gasteiger partial charge in [0, 0.05) is 6.92 Å². The summed E-state index contributed by atoms with van der Waals surface area (Å²) in [6, 6.07) is 0.875. The minimum absolute atomic E-state index is 0.108. The van der Waals surface area contributed by atoms with E-state index in [0.29, 0.717) is 17.1 Å². The van der Waals surface area contributed by atoms with Gasteiger partial charge in [0.05, 0.1) is 5.56 Å². The van der Waals surface area contributed by atoms with E-state index in [1.54, 1.807) is 33.8 Å². The Balaban J connectivity index is 2.64. The molecule has 7 heteroatoms. The van der Waals surface area contributed by atoms with E-state index in [2.05, 4.69) is 16.2 Å². The van der Waals surface area contributed by atoms with Crippen LogP contribution in [0.2, 0.25) is 0 Å². The van der Waals surface area contributed by atoms with Gasteiger partial charge in [-0.2, -0.15) is 0 Å². The third-order valence-electron chi connectivity index (χ3n) is 2.89. The Bertz CT molecular complexity index is 548. The predicted octanol–water partition coefficient (Wildman–Crippen LogP) is 0.818. The fourth-order valence-electron chi connectivity index (χ4n) is 1.87. The van der Waals surface area contributed by atoms with Crippen molar-refractivity contribution in [2.45, 2.75) is 40.7 Å². The van der Waals surface area contributed by atoms with Gasteiger partial charge >= 0.3 is 0 Å². The molecular formula is C14H21N3O4. The van der Waals surface area contributed by atoms with Crippen molar-refractivity contribution >= 4 is 17.7 Å². The number of furan rings is 1. The molecule has 0 spiro atoms. The number of carbonyl (C=O) groups excluding carboxylic acids is 3. The van der Waals surface area contributed by atoms with E-state index in [4.69, 9.17) is 4.42 Å². The van der Waals surface area contributed by atoms with E-state index in [1.165, 1.54) is 6.92 Å². The van der Waals surface area contributed by atoms with Crippen molar-refractivity contribution in [1.29, 1.82) is 0 Å². The van der Waals surface area contributed by atoms with Crippen molar-refractivity contribution in [3.8, 4) is 0 Å². The van der Waals surface area contributed by atoms with Crippen molar-refractivity contribution in [1.82, 2.24) is 16.2 Å². The highest BCUT2D eigenvalue weighted by molar-refractivity contribution is 5.97. The highest BCUT2D eigenvalue weighted by atomic mass is 16.3. The maximum Gasteiger partial charge on any atom is 0.273 e. The zero-order valence-electron chi connectivity index (χ0n) is 12.9. The molecular weight excluding hydrogens is 274 g/mol. The zero-order valence-corrected chi connectivity index (χ0v) is 12.9. The lowest BCUT2D eigenvalue weighted by Crippen LogP contribution is -2.54. The molecule has 1 heterocycles. The summed E-state index contributed by atoms with van der Waals surface area (Å²) in [6.07, 6.45) is 0. The number of amides is 3. The second-order valence-electron chi connectivity index (χ2n) is 5.19. The highest BCUT2D eigenvalue weighted by Gasteiger charge is 2.23. The predicted molar refractivity (Wildman–Crippen MR) is 76.2 cm³/mol. The van der Waals surface area contributed by atoms with Crippen LogP contribution in [0.5, 0.6) is 0 Å². The van der Waals surface area contributed by atoms with E-state index >= 15 is 0 Å². The molecule has 1 rings (SSSR count). The summed E-state index contributed by atoms with van der Waals surface area (Å²) < 4.78 is 5.25. The van der Waals surface area contributed by atoms with Crippen LogP contribution in [0, 0.1) is 19.8 Å². The molecule has 116 valence electrons. The molecule has 0 unspecified atom stereocenters. The van der Waals surface area contributed by atoms with Crippen molar-refractivity contribution in [3.63, 3.8) is 0 Å². The third-order valence-corrected chi connectivity index (χ3v) is 2.89. The average Bonchev–Trinajstić information content (AvgIpc) is 2.71. The molecule has 0 radical (unpaired) electrons. The number of hydrogen-bond donors (Lipinski definition) is 3. The monoisotopic (exact) mass is 295 g/mol. The van der Waals surface area contributed by atoms with E-state index < -0.39 is 17.9 Å². The Labute approximate surface area is 123 Å². The quantitative estimate of drug-likeness (QED) is 0.716. The first kappa shape index (κ1) is 16.7. The van der Waals surface area contributed by atoms with Crippen molar-refractivity contribution in [2.75, 3.05) is 0 Å². The molecule has 0 aliphatic carbocycles. The highest BCUT2D eigenvalue weighted by Crippen LogP contribution is 2.12. The van der Waals surface area contributed by atoms with Gasteiger partial charge in [-0.1, -0.05) is 13.8 Å². The summed E-state index contributed by atoms with van der Waals surface area (Å²) in [5, 5.41) is 2.54. The van der Waals surface area contributed by atoms with E-state index in [9.17, 15) is 14.4 Å². The number of carbonyl (C=O) groups is 3. The Hall–Kier alpha value is -2.31. The average molecular weight is 295 g/mol. The van der Waals surface area contributed by atoms with Gasteiger partial charge in [-0.05, 0) is 25.8 Å². The molecule has 0 aliphatic rings. The fraction of sp³-hybridized carbons (Fsp3) is 0.500. The molecule has 0 saturated carbocycles. The Morgan fingerprint density at radius 3 is 2.19 bits per heavy atom. The van der Waals surface area contributed by atoms with Gasteiger partial charge in [-0.15, -0.1) is 0 Å². The first-order valence-corrected chi connectivity index (χ1v) is 6.66. The minimum Gasteiger partial charge on any atom is -0.466 e. The molecule has 3 amide bonds. The zero-order chi connectivity index (χ0) is 16.2. The van der Waals surface area contributed by atoms with Gasteiger partial charge < -0.3 is 9.73 Å². The lowest BCUT2D eigenvalue weighted by Gasteiger charge is -2.20. The molecule has 0 aliphatic heterocycles. The maximum atomic E-state index is 12.0. The molecule has 21 heavy (non-hydrogen) atoms. The van der Waals surface area contributed by atoms with Crippen LogP contribution in [0.15, 0.2) is 10.5 Å². The summed E-state index contributed by atoms with van der Waals surface area (Å²) >= 11 is 0. The van der Waals surface area contributed by atoms with Gasteiger partial charge in [0.1, 0.15) is 17.6 Å². The van der Waals surface area contributed by atoms with Crippen LogP contribution >= 0.6 is 0 Å². The molecule has 0 saturated heterocycles. The Morgan fingerprint density at radius 2 is 1.76 bits per heavy atom. The van der Waals surface area contributed by atoms with Gasteiger partial charge in [-0.25, -0.2) is 0 Å².